The van der Waals surface area contributed by atoms with Crippen molar-refractivity contribution in [1.82, 2.24) is 20.2 Å². The molecular weight excluding hydrogens is 344 g/mol. The first-order valence-electron chi connectivity index (χ1n) is 9.51. The molecule has 1 atom stereocenters. The fourth-order valence-corrected chi connectivity index (χ4v) is 3.26. The van der Waals surface area contributed by atoms with E-state index in [4.69, 9.17) is 4.74 Å². The van der Waals surface area contributed by atoms with E-state index < -0.39 is 5.60 Å². The van der Waals surface area contributed by atoms with Crippen molar-refractivity contribution in [3.63, 3.8) is 0 Å². The molecule has 7 heteroatoms. The molecule has 0 spiro atoms. The van der Waals surface area contributed by atoms with Crippen molar-refractivity contribution in [2.24, 2.45) is 5.92 Å². The number of likely N-dealkylation sites (tertiary alicyclic amines) is 1. The lowest BCUT2D eigenvalue weighted by molar-refractivity contribution is -0.126. The minimum atomic E-state index is -0.529. The molecule has 27 heavy (non-hydrogen) atoms. The molecule has 1 unspecified atom stereocenters. The Morgan fingerprint density at radius 2 is 2.11 bits per heavy atom. The van der Waals surface area contributed by atoms with Gasteiger partial charge in [0.2, 0.25) is 5.91 Å². The number of para-hydroxylation sites is 2. The second-order valence-electron chi connectivity index (χ2n) is 8.01. The highest BCUT2D eigenvalue weighted by molar-refractivity contribution is 5.80. The summed E-state index contributed by atoms with van der Waals surface area (Å²) in [6, 6.07) is 7.86. The third-order valence-electron chi connectivity index (χ3n) is 4.54. The van der Waals surface area contributed by atoms with E-state index in [-0.39, 0.29) is 17.9 Å². The summed E-state index contributed by atoms with van der Waals surface area (Å²) in [5, 5.41) is 2.98. The van der Waals surface area contributed by atoms with E-state index in [1.54, 1.807) is 4.90 Å². The van der Waals surface area contributed by atoms with Crippen LogP contribution in [0.15, 0.2) is 24.3 Å². The molecule has 0 bridgehead atoms. The standard InChI is InChI=1S/C20H28N4O3/c1-20(2,3)27-19(26)24-12-6-7-14(13-24)18(25)21-11-10-17-22-15-8-4-5-9-16(15)23-17/h4-5,8-9,14H,6-7,10-13H2,1-3H3,(H,21,25)(H,22,23). The van der Waals surface area contributed by atoms with E-state index in [2.05, 4.69) is 15.3 Å². The highest BCUT2D eigenvalue weighted by atomic mass is 16.6. The van der Waals surface area contributed by atoms with Gasteiger partial charge in [-0.3, -0.25) is 4.79 Å². The maximum atomic E-state index is 12.5. The topological polar surface area (TPSA) is 87.3 Å². The third-order valence-corrected chi connectivity index (χ3v) is 4.54. The Bertz CT molecular complexity index is 776. The third kappa shape index (κ3) is 5.21. The van der Waals surface area contributed by atoms with E-state index >= 15 is 0 Å². The van der Waals surface area contributed by atoms with Crippen molar-refractivity contribution in [2.75, 3.05) is 19.6 Å². The molecule has 146 valence electrons. The molecule has 7 nitrogen and oxygen atoms in total. The highest BCUT2D eigenvalue weighted by Gasteiger charge is 2.30. The predicted octanol–water partition coefficient (Wildman–Crippen LogP) is 2.87. The van der Waals surface area contributed by atoms with Gasteiger partial charge in [-0.05, 0) is 45.7 Å². The molecule has 0 aliphatic carbocycles. The number of rotatable bonds is 4. The number of nitrogens with zero attached hydrogens (tertiary/aromatic N) is 2. The van der Waals surface area contributed by atoms with Crippen LogP contribution in [0.2, 0.25) is 0 Å². The van der Waals surface area contributed by atoms with E-state index in [0.717, 1.165) is 29.7 Å². The summed E-state index contributed by atoms with van der Waals surface area (Å²) in [5.41, 5.74) is 1.40. The van der Waals surface area contributed by atoms with Gasteiger partial charge in [0.25, 0.3) is 0 Å². The van der Waals surface area contributed by atoms with Gasteiger partial charge in [-0.1, -0.05) is 12.1 Å². The van der Waals surface area contributed by atoms with Crippen LogP contribution in [0.3, 0.4) is 0 Å². The zero-order chi connectivity index (χ0) is 19.4. The van der Waals surface area contributed by atoms with Gasteiger partial charge in [-0.15, -0.1) is 0 Å². The second kappa shape index (κ2) is 7.98. The summed E-state index contributed by atoms with van der Waals surface area (Å²) in [7, 11) is 0. The molecule has 1 aliphatic rings. The Balaban J connectivity index is 1.48. The summed E-state index contributed by atoms with van der Waals surface area (Å²) in [6.45, 7) is 7.09. The highest BCUT2D eigenvalue weighted by Crippen LogP contribution is 2.19. The number of hydrogen-bond acceptors (Lipinski definition) is 4. The number of carbonyl (C=O) groups is 2. The molecule has 2 amide bonds. The number of nitrogens with one attached hydrogen (secondary N) is 2. The molecule has 0 saturated carbocycles. The number of ether oxygens (including phenoxy) is 1. The maximum Gasteiger partial charge on any atom is 0.410 e. The summed E-state index contributed by atoms with van der Waals surface area (Å²) >= 11 is 0. The van der Waals surface area contributed by atoms with Crippen LogP contribution in [0.25, 0.3) is 11.0 Å². The number of amides is 2. The average molecular weight is 372 g/mol. The number of imidazole rings is 1. The molecule has 0 radical (unpaired) electrons. The van der Waals surface area contributed by atoms with Crippen molar-refractivity contribution < 1.29 is 14.3 Å². The van der Waals surface area contributed by atoms with Crippen LogP contribution in [0.1, 0.15) is 39.4 Å². The van der Waals surface area contributed by atoms with Crippen molar-refractivity contribution in [3.05, 3.63) is 30.1 Å². The summed E-state index contributed by atoms with van der Waals surface area (Å²) in [4.78, 5) is 34.1. The SMILES string of the molecule is CC(C)(C)OC(=O)N1CCCC(C(=O)NCCc2nc3ccccc3[nH]2)C1. The quantitative estimate of drug-likeness (QED) is 0.864. The van der Waals surface area contributed by atoms with Gasteiger partial charge >= 0.3 is 6.09 Å². The maximum absolute atomic E-state index is 12.5. The number of H-pyrrole nitrogens is 1. The number of aromatic amines is 1. The van der Waals surface area contributed by atoms with Crippen LogP contribution in [-0.2, 0) is 16.0 Å². The number of aromatic nitrogens is 2. The first kappa shape index (κ1) is 19.2. The van der Waals surface area contributed by atoms with Gasteiger partial charge in [-0.2, -0.15) is 0 Å². The predicted molar refractivity (Wildman–Crippen MR) is 103 cm³/mol. The lowest BCUT2D eigenvalue weighted by Crippen LogP contribution is -2.47. The minimum Gasteiger partial charge on any atom is -0.444 e. The number of carbonyl (C=O) groups excluding carboxylic acids is 2. The molecule has 2 heterocycles. The monoisotopic (exact) mass is 372 g/mol. The number of piperidine rings is 1. The van der Waals surface area contributed by atoms with Gasteiger partial charge in [0.15, 0.2) is 0 Å². The van der Waals surface area contributed by atoms with Crippen LogP contribution >= 0.6 is 0 Å². The van der Waals surface area contributed by atoms with Crippen molar-refractivity contribution in [3.8, 4) is 0 Å². The molecule has 1 saturated heterocycles. The zero-order valence-electron chi connectivity index (χ0n) is 16.2. The molecule has 1 fully saturated rings. The Morgan fingerprint density at radius 1 is 1.33 bits per heavy atom. The van der Waals surface area contributed by atoms with Crippen LogP contribution in [0, 0.1) is 5.92 Å². The lowest BCUT2D eigenvalue weighted by Gasteiger charge is -2.33. The Morgan fingerprint density at radius 3 is 2.85 bits per heavy atom. The molecule has 1 aliphatic heterocycles. The second-order valence-corrected chi connectivity index (χ2v) is 8.01. The van der Waals surface area contributed by atoms with Crippen molar-refractivity contribution in [2.45, 2.75) is 45.6 Å². The van der Waals surface area contributed by atoms with Gasteiger partial charge in [-0.25, -0.2) is 9.78 Å². The largest absolute Gasteiger partial charge is 0.444 e. The van der Waals surface area contributed by atoms with Gasteiger partial charge in [0, 0.05) is 26.1 Å². The van der Waals surface area contributed by atoms with Gasteiger partial charge in [0.05, 0.1) is 17.0 Å². The van der Waals surface area contributed by atoms with Crippen molar-refractivity contribution in [1.29, 1.82) is 0 Å². The van der Waals surface area contributed by atoms with E-state index in [0.29, 0.717) is 26.1 Å². The Labute approximate surface area is 159 Å². The molecule has 1 aromatic carbocycles. The van der Waals surface area contributed by atoms with E-state index in [9.17, 15) is 9.59 Å². The van der Waals surface area contributed by atoms with Crippen LogP contribution in [-0.4, -0.2) is 52.1 Å². The summed E-state index contributed by atoms with van der Waals surface area (Å²) < 4.78 is 5.42. The number of hydrogen-bond donors (Lipinski definition) is 2. The number of fused-ring (bicyclic) bond motifs is 1. The first-order chi connectivity index (χ1) is 12.8. The first-order valence-corrected chi connectivity index (χ1v) is 9.51. The smallest absolute Gasteiger partial charge is 0.410 e. The van der Waals surface area contributed by atoms with E-state index in [1.807, 2.05) is 45.0 Å². The average Bonchev–Trinajstić information content (AvgIpc) is 3.03. The number of benzene rings is 1. The summed E-state index contributed by atoms with van der Waals surface area (Å²) in [6.07, 6.45) is 1.89. The van der Waals surface area contributed by atoms with Gasteiger partial charge < -0.3 is 19.9 Å². The normalized spacial score (nSPS) is 17.7. The zero-order valence-corrected chi connectivity index (χ0v) is 16.2. The molecular formula is C20H28N4O3. The fraction of sp³-hybridized carbons (Fsp3) is 0.550. The lowest BCUT2D eigenvalue weighted by atomic mass is 9.97. The molecule has 2 aromatic rings. The van der Waals surface area contributed by atoms with E-state index in [1.165, 1.54) is 0 Å². The molecule has 3 rings (SSSR count). The van der Waals surface area contributed by atoms with Crippen molar-refractivity contribution >= 4 is 23.0 Å². The fourth-order valence-electron chi connectivity index (χ4n) is 3.26. The summed E-state index contributed by atoms with van der Waals surface area (Å²) in [5.74, 6) is 0.650. The van der Waals surface area contributed by atoms with Crippen LogP contribution in [0.5, 0.6) is 0 Å². The van der Waals surface area contributed by atoms with Gasteiger partial charge in [0.1, 0.15) is 11.4 Å². The molecule has 1 aromatic heterocycles. The molecule has 2 N–H and O–H groups in total. The Hall–Kier alpha value is -2.57. The Kier molecular flexibility index (Phi) is 5.68. The minimum absolute atomic E-state index is 0.0145. The van der Waals surface area contributed by atoms with Crippen LogP contribution in [0.4, 0.5) is 4.79 Å². The van der Waals surface area contributed by atoms with Crippen LogP contribution < -0.4 is 5.32 Å².